The van der Waals surface area contributed by atoms with Crippen molar-refractivity contribution in [3.05, 3.63) is 12.2 Å². The van der Waals surface area contributed by atoms with Crippen molar-refractivity contribution in [2.45, 2.75) is 0 Å². The summed E-state index contributed by atoms with van der Waals surface area (Å²) in [6.45, 7) is 0. The van der Waals surface area contributed by atoms with E-state index in [1.54, 1.807) is 24.3 Å². The molecule has 0 aromatic heterocycles. The maximum Gasteiger partial charge on any atom is 0.310 e. The second kappa shape index (κ2) is 5.69. The SMILES string of the molecule is COC(=O)[C@@H]1[C@H](C(=O)OC)[C@@H]2C=C[C@@H]1C(C#N)(C#N)C2(C#N)C#N. The Hall–Kier alpha value is -3.36. The van der Waals surface area contributed by atoms with Crippen LogP contribution in [0.5, 0.6) is 0 Å². The van der Waals surface area contributed by atoms with Crippen molar-refractivity contribution in [3.8, 4) is 24.3 Å². The Bertz CT molecular complexity index is 695. The number of rotatable bonds is 2. The van der Waals surface area contributed by atoms with Gasteiger partial charge in [-0.05, 0) is 0 Å². The fourth-order valence-corrected chi connectivity index (χ4v) is 3.84. The van der Waals surface area contributed by atoms with Crippen molar-refractivity contribution in [2.75, 3.05) is 14.2 Å². The molecule has 0 spiro atoms. The van der Waals surface area contributed by atoms with Crippen molar-refractivity contribution in [3.63, 3.8) is 0 Å². The first-order chi connectivity index (χ1) is 11.4. The van der Waals surface area contributed by atoms with Crippen molar-refractivity contribution in [1.82, 2.24) is 0 Å². The molecule has 4 atom stereocenters. The van der Waals surface area contributed by atoms with Crippen LogP contribution in [0.2, 0.25) is 0 Å². The second-order valence-electron chi connectivity index (χ2n) is 5.60. The van der Waals surface area contributed by atoms with Crippen LogP contribution in [0, 0.1) is 79.8 Å². The Kier molecular flexibility index (Phi) is 4.03. The Morgan fingerprint density at radius 2 is 1.08 bits per heavy atom. The molecule has 0 N–H and O–H groups in total. The molecular weight excluding hydrogens is 312 g/mol. The largest absolute Gasteiger partial charge is 0.469 e. The number of nitriles is 4. The summed E-state index contributed by atoms with van der Waals surface area (Å²) in [5, 5.41) is 38.6. The van der Waals surface area contributed by atoms with Crippen LogP contribution in [-0.2, 0) is 19.1 Å². The van der Waals surface area contributed by atoms with E-state index in [0.717, 1.165) is 14.2 Å². The highest BCUT2D eigenvalue weighted by Crippen LogP contribution is 2.64. The summed E-state index contributed by atoms with van der Waals surface area (Å²) in [4.78, 5) is 24.5. The molecule has 0 amide bonds. The maximum absolute atomic E-state index is 12.2. The van der Waals surface area contributed by atoms with Gasteiger partial charge >= 0.3 is 11.9 Å². The van der Waals surface area contributed by atoms with Gasteiger partial charge in [0.05, 0.1) is 50.3 Å². The Labute approximate surface area is 138 Å². The normalized spacial score (nSPS) is 30.8. The molecule has 1 fully saturated rings. The minimum atomic E-state index is -2.10. The van der Waals surface area contributed by atoms with E-state index in [-0.39, 0.29) is 0 Å². The Morgan fingerprint density at radius 3 is 1.29 bits per heavy atom. The predicted octanol–water partition coefficient (Wildman–Crippen LogP) is 0.448. The summed E-state index contributed by atoms with van der Waals surface area (Å²) < 4.78 is 9.44. The number of nitrogens with zero attached hydrogens (tertiary/aromatic N) is 4. The van der Waals surface area contributed by atoms with Gasteiger partial charge in [0.15, 0.2) is 10.8 Å². The molecule has 0 saturated heterocycles. The van der Waals surface area contributed by atoms with Crippen LogP contribution in [0.1, 0.15) is 0 Å². The van der Waals surface area contributed by atoms with E-state index in [0.29, 0.717) is 0 Å². The topological polar surface area (TPSA) is 148 Å². The van der Waals surface area contributed by atoms with Crippen LogP contribution in [0.15, 0.2) is 12.2 Å². The van der Waals surface area contributed by atoms with Gasteiger partial charge in [0, 0.05) is 11.8 Å². The number of hydrogen-bond donors (Lipinski definition) is 0. The van der Waals surface area contributed by atoms with Crippen molar-refractivity contribution >= 4 is 11.9 Å². The molecule has 0 unspecified atom stereocenters. The third kappa shape index (κ3) is 1.69. The molecule has 0 aliphatic heterocycles. The van der Waals surface area contributed by atoms with Gasteiger partial charge in [-0.15, -0.1) is 0 Å². The lowest BCUT2D eigenvalue weighted by atomic mass is 9.41. The number of carbonyl (C=O) groups is 2. The molecule has 3 rings (SSSR count). The van der Waals surface area contributed by atoms with Gasteiger partial charge in [-0.1, -0.05) is 12.2 Å². The van der Waals surface area contributed by atoms with Crippen LogP contribution >= 0.6 is 0 Å². The van der Waals surface area contributed by atoms with Crippen LogP contribution in [0.4, 0.5) is 0 Å². The van der Waals surface area contributed by atoms with Crippen molar-refractivity contribution in [1.29, 1.82) is 21.0 Å². The summed E-state index contributed by atoms with van der Waals surface area (Å²) in [5.41, 5.74) is -4.20. The van der Waals surface area contributed by atoms with E-state index in [4.69, 9.17) is 9.47 Å². The average Bonchev–Trinajstić information content (AvgIpc) is 2.65. The van der Waals surface area contributed by atoms with Crippen LogP contribution in [0.25, 0.3) is 0 Å². The first-order valence-electron chi connectivity index (χ1n) is 6.93. The monoisotopic (exact) mass is 324 g/mol. The van der Waals surface area contributed by atoms with Gasteiger partial charge in [0.1, 0.15) is 0 Å². The maximum atomic E-state index is 12.2. The fraction of sp³-hybridized carbons (Fsp3) is 0.500. The van der Waals surface area contributed by atoms with E-state index >= 15 is 0 Å². The molecule has 120 valence electrons. The zero-order chi connectivity index (χ0) is 18.1. The highest BCUT2D eigenvalue weighted by molar-refractivity contribution is 5.85. The van der Waals surface area contributed by atoms with E-state index in [2.05, 4.69) is 0 Å². The third-order valence-electron chi connectivity index (χ3n) is 4.96. The number of fused-ring (bicyclic) bond motifs is 2. The fourth-order valence-electron chi connectivity index (χ4n) is 3.84. The molecule has 2 bridgehead atoms. The molecule has 8 nitrogen and oxygen atoms in total. The molecule has 3 aliphatic rings. The molecule has 0 radical (unpaired) electrons. The summed E-state index contributed by atoms with van der Waals surface area (Å²) >= 11 is 0. The van der Waals surface area contributed by atoms with Gasteiger partial charge in [-0.25, -0.2) is 0 Å². The molecule has 0 aromatic rings. The second-order valence-corrected chi connectivity index (χ2v) is 5.60. The Morgan fingerprint density at radius 1 is 0.792 bits per heavy atom. The summed E-state index contributed by atoms with van der Waals surface area (Å²) in [6.07, 6.45) is 2.87. The lowest BCUT2D eigenvalue weighted by Crippen LogP contribution is -2.63. The minimum Gasteiger partial charge on any atom is -0.469 e. The quantitative estimate of drug-likeness (QED) is 0.525. The highest BCUT2D eigenvalue weighted by Gasteiger charge is 2.74. The summed E-state index contributed by atoms with van der Waals surface area (Å²) in [7, 11) is 2.23. The number of methoxy groups -OCH3 is 2. The molecule has 1 saturated carbocycles. The number of ether oxygens (including phenoxy) is 2. The molecule has 24 heavy (non-hydrogen) atoms. The lowest BCUT2D eigenvalue weighted by molar-refractivity contribution is -0.171. The van der Waals surface area contributed by atoms with E-state index in [1.807, 2.05) is 0 Å². The van der Waals surface area contributed by atoms with Gasteiger partial charge in [-0.2, -0.15) is 21.0 Å². The third-order valence-corrected chi connectivity index (χ3v) is 4.96. The number of hydrogen-bond acceptors (Lipinski definition) is 8. The first-order valence-corrected chi connectivity index (χ1v) is 6.93. The summed E-state index contributed by atoms with van der Waals surface area (Å²) in [5.74, 6) is -6.27. The van der Waals surface area contributed by atoms with Crippen molar-refractivity contribution in [2.24, 2.45) is 34.5 Å². The van der Waals surface area contributed by atoms with Gasteiger partial charge in [0.2, 0.25) is 0 Å². The average molecular weight is 324 g/mol. The molecular formula is C16H12N4O4. The van der Waals surface area contributed by atoms with E-state index in [9.17, 15) is 30.6 Å². The van der Waals surface area contributed by atoms with Gasteiger partial charge in [0.25, 0.3) is 0 Å². The molecule has 0 aromatic carbocycles. The standard InChI is InChI=1S/C16H12N4O4/c1-23-13(21)11-9-3-4-10(12(11)14(22)24-2)16(7-19,8-20)15(9,5-17)6-18/h3-4,9-12H,1-2H3/t9-,10-,11-,12+/m0/s1. The van der Waals surface area contributed by atoms with Gasteiger partial charge in [-0.3, -0.25) is 9.59 Å². The lowest BCUT2D eigenvalue weighted by Gasteiger charge is -2.53. The summed E-state index contributed by atoms with van der Waals surface area (Å²) in [6, 6.07) is 7.04. The minimum absolute atomic E-state index is 0.802. The predicted molar refractivity (Wildman–Crippen MR) is 74.5 cm³/mol. The number of carbonyl (C=O) groups excluding carboxylic acids is 2. The molecule has 3 aliphatic carbocycles. The molecule has 0 heterocycles. The van der Waals surface area contributed by atoms with Gasteiger partial charge < -0.3 is 9.47 Å². The van der Waals surface area contributed by atoms with E-state index < -0.39 is 46.4 Å². The zero-order valence-electron chi connectivity index (χ0n) is 12.9. The number of esters is 2. The number of allylic oxidation sites excluding steroid dienone is 2. The smallest absolute Gasteiger partial charge is 0.310 e. The van der Waals surface area contributed by atoms with Crippen LogP contribution in [-0.4, -0.2) is 26.2 Å². The first kappa shape index (κ1) is 17.0. The highest BCUT2D eigenvalue weighted by atomic mass is 16.5. The van der Waals surface area contributed by atoms with Crippen LogP contribution < -0.4 is 0 Å². The Balaban J connectivity index is 2.83. The van der Waals surface area contributed by atoms with Crippen LogP contribution in [0.3, 0.4) is 0 Å². The van der Waals surface area contributed by atoms with E-state index in [1.165, 1.54) is 12.2 Å². The molecule has 8 heteroatoms. The van der Waals surface area contributed by atoms with Crippen molar-refractivity contribution < 1.29 is 19.1 Å². The zero-order valence-corrected chi connectivity index (χ0v) is 12.9.